The van der Waals surface area contributed by atoms with Gasteiger partial charge in [0.2, 0.25) is 16.0 Å². The van der Waals surface area contributed by atoms with Crippen LogP contribution in [0.4, 0.5) is 8.78 Å². The first kappa shape index (κ1) is 20.7. The molecule has 0 bridgehead atoms. The number of hydrogen-bond acceptors (Lipinski definition) is 6. The molecule has 2 N–H and O–H groups in total. The molecule has 1 fully saturated rings. The third-order valence-electron chi connectivity index (χ3n) is 5.78. The minimum absolute atomic E-state index is 0.0309. The van der Waals surface area contributed by atoms with E-state index in [4.69, 9.17) is 17.3 Å². The highest BCUT2D eigenvalue weighted by Crippen LogP contribution is 2.60. The van der Waals surface area contributed by atoms with Crippen molar-refractivity contribution in [1.29, 1.82) is 0 Å². The molecule has 4 rings (SSSR count). The summed E-state index contributed by atoms with van der Waals surface area (Å²) in [7, 11) is -2.52. The first-order valence-corrected chi connectivity index (χ1v) is 10.8. The van der Waals surface area contributed by atoms with E-state index in [1.807, 2.05) is 0 Å². The Balaban J connectivity index is 1.83. The van der Waals surface area contributed by atoms with Gasteiger partial charge in [0, 0.05) is 12.6 Å². The lowest BCUT2D eigenvalue weighted by molar-refractivity contribution is 0.381. The van der Waals surface area contributed by atoms with Gasteiger partial charge in [-0.15, -0.1) is 0 Å². The van der Waals surface area contributed by atoms with Gasteiger partial charge in [0.1, 0.15) is 27.0 Å². The first-order chi connectivity index (χ1) is 14.0. The zero-order valence-corrected chi connectivity index (χ0v) is 17.7. The predicted molar refractivity (Wildman–Crippen MR) is 110 cm³/mol. The zero-order chi connectivity index (χ0) is 21.9. The third-order valence-corrected chi connectivity index (χ3v) is 8.68. The van der Waals surface area contributed by atoms with Gasteiger partial charge in [0.05, 0.1) is 12.4 Å². The molecule has 2 heterocycles. The van der Waals surface area contributed by atoms with E-state index in [2.05, 4.69) is 15.0 Å². The Kier molecular flexibility index (Phi) is 4.62. The lowest BCUT2D eigenvalue weighted by Gasteiger charge is -2.42. The van der Waals surface area contributed by atoms with E-state index >= 15 is 0 Å². The van der Waals surface area contributed by atoms with Crippen LogP contribution < -0.4 is 5.73 Å². The van der Waals surface area contributed by atoms with E-state index in [0.717, 1.165) is 16.4 Å². The fourth-order valence-corrected chi connectivity index (χ4v) is 6.05. The lowest BCUT2D eigenvalue weighted by Crippen LogP contribution is -2.58. The molecular formula is C19H18ClF2N5O2S. The van der Waals surface area contributed by atoms with Crippen LogP contribution in [0.3, 0.4) is 0 Å². The Morgan fingerprint density at radius 3 is 2.60 bits per heavy atom. The molecule has 2 aliphatic rings. The fraction of sp³-hybridized carbons (Fsp3) is 0.316. The van der Waals surface area contributed by atoms with Crippen molar-refractivity contribution in [1.82, 2.24) is 14.3 Å². The van der Waals surface area contributed by atoms with Crippen LogP contribution in [0.5, 0.6) is 0 Å². The molecule has 1 aliphatic carbocycles. The summed E-state index contributed by atoms with van der Waals surface area (Å²) in [6.07, 6.45) is 4.18. The maximum Gasteiger partial charge on any atom is 0.245 e. The average Bonchev–Trinajstić information content (AvgIpc) is 3.51. The maximum atomic E-state index is 14.9. The van der Waals surface area contributed by atoms with Gasteiger partial charge in [0.25, 0.3) is 0 Å². The molecule has 0 radical (unpaired) electrons. The summed E-state index contributed by atoms with van der Waals surface area (Å²) >= 11 is 5.66. The number of hydrogen-bond donors (Lipinski definition) is 1. The van der Waals surface area contributed by atoms with Crippen molar-refractivity contribution >= 4 is 39.5 Å². The number of rotatable bonds is 3. The van der Waals surface area contributed by atoms with Crippen LogP contribution >= 0.6 is 11.6 Å². The maximum absolute atomic E-state index is 14.9. The van der Waals surface area contributed by atoms with E-state index in [1.165, 1.54) is 31.6 Å². The van der Waals surface area contributed by atoms with Crippen molar-refractivity contribution in [2.75, 3.05) is 7.05 Å². The van der Waals surface area contributed by atoms with Gasteiger partial charge in [-0.1, -0.05) is 17.7 Å². The minimum atomic E-state index is -3.84. The summed E-state index contributed by atoms with van der Waals surface area (Å²) in [6, 6.07) is 3.91. The molecule has 7 nitrogen and oxygen atoms in total. The zero-order valence-electron chi connectivity index (χ0n) is 16.1. The second-order valence-electron chi connectivity index (χ2n) is 7.46. The number of nitrogens with two attached hydrogens (primary N) is 1. The Bertz CT molecular complexity index is 1200. The summed E-state index contributed by atoms with van der Waals surface area (Å²) in [5, 5.41) is 0.122. The van der Waals surface area contributed by atoms with Gasteiger partial charge in [0.15, 0.2) is 5.83 Å². The topological polar surface area (TPSA) is 102 Å². The number of benzene rings is 1. The Morgan fingerprint density at radius 2 is 2.00 bits per heavy atom. The Labute approximate surface area is 177 Å². The van der Waals surface area contributed by atoms with Gasteiger partial charge in [-0.25, -0.2) is 36.5 Å². The normalized spacial score (nSPS) is 24.6. The summed E-state index contributed by atoms with van der Waals surface area (Å²) in [5.41, 5.74) is 4.69. The van der Waals surface area contributed by atoms with Crippen LogP contribution in [0.1, 0.15) is 36.6 Å². The first-order valence-electron chi connectivity index (χ1n) is 9.01. The Hall–Kier alpha value is -2.59. The number of aliphatic imine (C=N–C) groups is 1. The largest absolute Gasteiger partial charge is 0.369 e. The second-order valence-corrected chi connectivity index (χ2v) is 10.1. The molecule has 1 aliphatic heterocycles. The monoisotopic (exact) mass is 453 g/mol. The van der Waals surface area contributed by atoms with E-state index in [9.17, 15) is 17.2 Å². The number of nitrogens with zero attached hydrogens (tertiary/aromatic N) is 4. The lowest BCUT2D eigenvalue weighted by atomic mass is 9.85. The molecular weight excluding hydrogens is 436 g/mol. The molecule has 30 heavy (non-hydrogen) atoms. The molecule has 2 aromatic rings. The molecule has 11 heteroatoms. The molecule has 1 atom stereocenters. The van der Waals surface area contributed by atoms with E-state index < -0.39 is 32.0 Å². The second kappa shape index (κ2) is 6.71. The molecule has 158 valence electrons. The molecule has 0 amide bonds. The van der Waals surface area contributed by atoms with Gasteiger partial charge < -0.3 is 5.73 Å². The molecule has 1 spiro atoms. The predicted octanol–water partition coefficient (Wildman–Crippen LogP) is 3.07. The summed E-state index contributed by atoms with van der Waals surface area (Å²) < 4.78 is 55.2. The third kappa shape index (κ3) is 2.89. The van der Waals surface area contributed by atoms with Crippen molar-refractivity contribution < 1.29 is 17.2 Å². The van der Waals surface area contributed by atoms with Gasteiger partial charge in [-0.3, -0.25) is 0 Å². The van der Waals surface area contributed by atoms with Crippen molar-refractivity contribution in [3.63, 3.8) is 0 Å². The smallest absolute Gasteiger partial charge is 0.245 e. The van der Waals surface area contributed by atoms with Crippen molar-refractivity contribution in [2.24, 2.45) is 10.7 Å². The van der Waals surface area contributed by atoms with Gasteiger partial charge in [-0.2, -0.15) is 0 Å². The van der Waals surface area contributed by atoms with Crippen molar-refractivity contribution in [2.45, 2.75) is 30.1 Å². The van der Waals surface area contributed by atoms with Gasteiger partial charge >= 0.3 is 0 Å². The fourth-order valence-electron chi connectivity index (χ4n) is 3.86. The highest BCUT2D eigenvalue weighted by molar-refractivity contribution is 7.91. The van der Waals surface area contributed by atoms with E-state index in [1.54, 1.807) is 6.92 Å². The van der Waals surface area contributed by atoms with Crippen LogP contribution in [0.2, 0.25) is 5.15 Å². The minimum Gasteiger partial charge on any atom is -0.369 e. The number of sulfonamides is 1. The van der Waals surface area contributed by atoms with Gasteiger partial charge in [-0.05, 0) is 43.5 Å². The van der Waals surface area contributed by atoms with Crippen LogP contribution in [0.25, 0.3) is 11.9 Å². The molecule has 0 saturated heterocycles. The summed E-state index contributed by atoms with van der Waals surface area (Å²) in [6.45, 7) is 1.55. The number of halogens is 3. The highest BCUT2D eigenvalue weighted by Gasteiger charge is 2.70. The molecule has 1 unspecified atom stereocenters. The Morgan fingerprint density at radius 1 is 1.30 bits per heavy atom. The van der Waals surface area contributed by atoms with Crippen LogP contribution in [-0.4, -0.2) is 40.4 Å². The van der Waals surface area contributed by atoms with Crippen LogP contribution in [-0.2, 0) is 15.6 Å². The summed E-state index contributed by atoms with van der Waals surface area (Å²) in [5.74, 6) is -1.58. The van der Waals surface area contributed by atoms with E-state index in [-0.39, 0.29) is 22.4 Å². The van der Waals surface area contributed by atoms with E-state index in [0.29, 0.717) is 18.4 Å². The molecule has 1 aromatic heterocycles. The standard InChI is InChI=1S/C19H18ClF2N5O2S/c1-18(19(5-6-19)30(28,29)27(2)17(23)26-18)12-7-11(3-4-13(12)21)8-14(22)15-9-25-16(20)10-24-15/h3-4,7-10H,5-6H2,1-2H3,(H2,23,26). The average molecular weight is 454 g/mol. The van der Waals surface area contributed by atoms with Crippen LogP contribution in [0.15, 0.2) is 35.6 Å². The highest BCUT2D eigenvalue weighted by atomic mass is 35.5. The van der Waals surface area contributed by atoms with Crippen molar-refractivity contribution in [3.8, 4) is 0 Å². The number of aromatic nitrogens is 2. The quantitative estimate of drug-likeness (QED) is 0.769. The molecule has 1 aromatic carbocycles. The molecule has 1 saturated carbocycles. The van der Waals surface area contributed by atoms with Crippen molar-refractivity contribution in [3.05, 3.63) is 58.4 Å². The SMILES string of the molecule is CN1C(N)=NC(C)(c2cc(C=C(F)c3cnc(Cl)cn3)ccc2F)C2(CC2)S1(=O)=O. The van der Waals surface area contributed by atoms with Crippen LogP contribution in [0, 0.1) is 5.82 Å². The summed E-state index contributed by atoms with van der Waals surface area (Å²) in [4.78, 5) is 12.0. The number of guanidine groups is 1.